The molecule has 62 valence electrons. The van der Waals surface area contributed by atoms with Crippen LogP contribution in [0, 0.1) is 0 Å². The number of hydrogen-bond donors (Lipinski definition) is 1. The summed E-state index contributed by atoms with van der Waals surface area (Å²) < 4.78 is 34.5. The van der Waals surface area contributed by atoms with Gasteiger partial charge in [0.2, 0.25) is 0 Å². The summed E-state index contributed by atoms with van der Waals surface area (Å²) >= 11 is 0.846. The second-order valence-corrected chi connectivity index (χ2v) is 3.30. The van der Waals surface area contributed by atoms with Crippen LogP contribution in [0.15, 0.2) is 0 Å². The molecule has 0 aliphatic carbocycles. The Morgan fingerprint density at radius 2 is 1.91 bits per heavy atom. The fourth-order valence-corrected chi connectivity index (χ4v) is 1.16. The normalized spacial score (nSPS) is 13.9. The van der Waals surface area contributed by atoms with Crippen LogP contribution in [-0.4, -0.2) is 24.4 Å². The molecule has 0 aliphatic rings. The summed E-state index contributed by atoms with van der Waals surface area (Å²) in [5.41, 5.74) is 4.51. The average molecular weight is 211 g/mol. The molecule has 0 fully saturated rings. The molecule has 0 aromatic heterocycles. The number of halogens is 3. The van der Waals surface area contributed by atoms with E-state index >= 15 is 0 Å². The monoisotopic (exact) mass is 211 g/mol. The fourth-order valence-electron chi connectivity index (χ4n) is 0.388. The van der Waals surface area contributed by atoms with Gasteiger partial charge in [-0.15, -0.1) is 0 Å². The molecule has 0 saturated carbocycles. The Bertz CT molecular complexity index is 99.8. The van der Waals surface area contributed by atoms with E-state index in [1.54, 1.807) is 6.92 Å². The summed E-state index contributed by atoms with van der Waals surface area (Å²) in [6.45, 7) is -2.93. The zero-order valence-corrected chi connectivity index (χ0v) is 10.6. The molecule has 0 bridgehead atoms. The van der Waals surface area contributed by atoms with Gasteiger partial charge in [-0.3, -0.25) is 0 Å². The predicted octanol–water partition coefficient (Wildman–Crippen LogP) is -1.54. The van der Waals surface area contributed by atoms with E-state index in [0.717, 1.165) is 11.8 Å². The van der Waals surface area contributed by atoms with E-state index in [1.807, 2.05) is 0 Å². The van der Waals surface area contributed by atoms with Gasteiger partial charge in [0, 0.05) is 11.8 Å². The molecule has 0 aromatic carbocycles. The van der Waals surface area contributed by atoms with Crippen LogP contribution in [0.2, 0.25) is 0 Å². The van der Waals surface area contributed by atoms with Crippen molar-refractivity contribution >= 4 is 18.7 Å². The summed E-state index contributed by atoms with van der Waals surface area (Å²) in [5.74, 6) is 0.376. The van der Waals surface area contributed by atoms with E-state index in [2.05, 4.69) is 0 Å². The first-order chi connectivity index (χ1) is 4.42. The number of nitrogens with two attached hydrogens (primary N) is 1. The molecule has 0 heterocycles. The predicted molar refractivity (Wildman–Crippen MR) is 40.1 cm³/mol. The molecule has 11 heavy (non-hydrogen) atoms. The number of rotatable bonds is 4. The molecule has 7 heteroatoms. The molecule has 0 spiro atoms. The third-order valence-electron chi connectivity index (χ3n) is 0.688. The molecule has 1 unspecified atom stereocenters. The van der Waals surface area contributed by atoms with Crippen molar-refractivity contribution in [3.05, 3.63) is 0 Å². The van der Waals surface area contributed by atoms with Gasteiger partial charge in [0.05, 0.1) is 0 Å². The van der Waals surface area contributed by atoms with E-state index in [4.69, 9.17) is 5.73 Å². The van der Waals surface area contributed by atoms with Gasteiger partial charge in [0.25, 0.3) is 0 Å². The maximum atomic E-state index is 11.5. The summed E-state index contributed by atoms with van der Waals surface area (Å²) in [6.07, 6.45) is 0. The Morgan fingerprint density at radius 1 is 1.45 bits per heavy atom. The Labute approximate surface area is 112 Å². The van der Waals surface area contributed by atoms with E-state index < -0.39 is 12.6 Å². The number of thioether (sulfide) groups is 1. The molecule has 1 nitrogen and oxygen atoms in total. The van der Waals surface area contributed by atoms with Crippen molar-refractivity contribution in [2.24, 2.45) is 5.73 Å². The van der Waals surface area contributed by atoms with Crippen LogP contribution in [0.25, 0.3) is 0 Å². The van der Waals surface area contributed by atoms with Gasteiger partial charge in [-0.2, -0.15) is 11.8 Å². The summed E-state index contributed by atoms with van der Waals surface area (Å²) in [5, 5.41) is 0. The second-order valence-electron chi connectivity index (χ2n) is 2.23. The van der Waals surface area contributed by atoms with Crippen molar-refractivity contribution in [2.45, 2.75) is 13.0 Å². The van der Waals surface area contributed by atoms with Crippen LogP contribution >= 0.6 is 11.8 Å². The molecule has 0 aliphatic heterocycles. The van der Waals surface area contributed by atoms with E-state index in [0.29, 0.717) is 5.75 Å². The van der Waals surface area contributed by atoms with Crippen molar-refractivity contribution < 1.29 is 64.3 Å². The maximum absolute atomic E-state index is 11.5. The molecule has 0 amide bonds. The largest absolute Gasteiger partial charge is 1.00 e. The second kappa shape index (κ2) is 7.23. The van der Waals surface area contributed by atoms with Crippen molar-refractivity contribution in [2.75, 3.05) is 11.4 Å². The summed E-state index contributed by atoms with van der Waals surface area (Å²) in [6, 6.07) is -0.150. The molecule has 0 rings (SSSR count). The third kappa shape index (κ3) is 14.6. The zero-order chi connectivity index (χ0) is 8.20. The molecular weight excluding hydrogens is 201 g/mol. The minimum absolute atomic E-state index is 0. The Kier molecular flexibility index (Phi) is 10.0. The molecular formula is C4H10BF3KNS. The Morgan fingerprint density at radius 3 is 2.18 bits per heavy atom. The van der Waals surface area contributed by atoms with Gasteiger partial charge in [0.1, 0.15) is 0 Å². The first-order valence-electron chi connectivity index (χ1n) is 2.96. The van der Waals surface area contributed by atoms with Gasteiger partial charge in [-0.25, -0.2) is 0 Å². The minimum Gasteiger partial charge on any atom is -0.448 e. The van der Waals surface area contributed by atoms with Crippen LogP contribution in [0.4, 0.5) is 12.9 Å². The van der Waals surface area contributed by atoms with Gasteiger partial charge in [-0.1, -0.05) is 0 Å². The molecule has 2 N–H and O–H groups in total. The average Bonchev–Trinajstić information content (AvgIpc) is 1.59. The van der Waals surface area contributed by atoms with Crippen LogP contribution < -0.4 is 57.1 Å². The maximum Gasteiger partial charge on any atom is 1.00 e. The quantitative estimate of drug-likeness (QED) is 0.570. The van der Waals surface area contributed by atoms with Gasteiger partial charge < -0.3 is 18.7 Å². The van der Waals surface area contributed by atoms with Crippen LogP contribution in [0.3, 0.4) is 0 Å². The van der Waals surface area contributed by atoms with Crippen molar-refractivity contribution in [3.8, 4) is 0 Å². The molecule has 0 aromatic rings. The molecule has 0 radical (unpaired) electrons. The standard InChI is InChI=1S/C4H10BF3NS.K/c1-4(9)2-10-3-5(6,7)8;/h4H,2-3,9H2,1H3;/q-1;+1. The van der Waals surface area contributed by atoms with Crippen molar-refractivity contribution in [3.63, 3.8) is 0 Å². The van der Waals surface area contributed by atoms with Gasteiger partial charge in [-0.05, 0) is 12.6 Å². The first kappa shape index (κ1) is 15.3. The van der Waals surface area contributed by atoms with E-state index in [1.165, 1.54) is 0 Å². The Balaban J connectivity index is 0. The van der Waals surface area contributed by atoms with Gasteiger partial charge in [0.15, 0.2) is 0 Å². The zero-order valence-electron chi connectivity index (χ0n) is 6.69. The van der Waals surface area contributed by atoms with Crippen LogP contribution in [-0.2, 0) is 0 Å². The van der Waals surface area contributed by atoms with Crippen LogP contribution in [0.1, 0.15) is 6.92 Å². The SMILES string of the molecule is CC(N)CSC[B-](F)(F)F.[K+]. The topological polar surface area (TPSA) is 26.0 Å². The third-order valence-corrected chi connectivity index (χ3v) is 2.06. The summed E-state index contributed by atoms with van der Waals surface area (Å²) in [4.78, 5) is 0. The van der Waals surface area contributed by atoms with E-state index in [-0.39, 0.29) is 57.4 Å². The fraction of sp³-hybridized carbons (Fsp3) is 1.00. The number of hydrogen-bond acceptors (Lipinski definition) is 2. The van der Waals surface area contributed by atoms with E-state index in [9.17, 15) is 12.9 Å². The minimum atomic E-state index is -4.62. The van der Waals surface area contributed by atoms with Gasteiger partial charge >= 0.3 is 58.4 Å². The first-order valence-corrected chi connectivity index (χ1v) is 4.11. The smallest absolute Gasteiger partial charge is 0.448 e. The Hall–Kier alpha value is 1.80. The van der Waals surface area contributed by atoms with Crippen molar-refractivity contribution in [1.82, 2.24) is 0 Å². The molecule has 1 atom stereocenters. The van der Waals surface area contributed by atoms with Crippen molar-refractivity contribution in [1.29, 1.82) is 0 Å². The molecule has 0 saturated heterocycles. The summed E-state index contributed by atoms with van der Waals surface area (Å²) in [7, 11) is 0. The van der Waals surface area contributed by atoms with Crippen LogP contribution in [0.5, 0.6) is 0 Å².